The molecular formula is C18H23N3O2. The summed E-state index contributed by atoms with van der Waals surface area (Å²) >= 11 is 0. The number of aliphatic hydroxyl groups excluding tert-OH is 1. The number of hydrogen-bond acceptors (Lipinski definition) is 3. The van der Waals surface area contributed by atoms with E-state index in [0.29, 0.717) is 18.7 Å². The number of nitrogens with one attached hydrogen (secondary N) is 2. The molecule has 0 bridgehead atoms. The van der Waals surface area contributed by atoms with Crippen LogP contribution in [-0.4, -0.2) is 34.1 Å². The van der Waals surface area contributed by atoms with E-state index < -0.39 is 0 Å². The fourth-order valence-corrected chi connectivity index (χ4v) is 3.11. The van der Waals surface area contributed by atoms with E-state index in [9.17, 15) is 9.90 Å². The minimum absolute atomic E-state index is 0.00673. The van der Waals surface area contributed by atoms with Gasteiger partial charge >= 0.3 is 0 Å². The number of fused-ring (bicyclic) bond motifs is 1. The third-order valence-corrected chi connectivity index (χ3v) is 4.42. The molecule has 0 saturated carbocycles. The highest BCUT2D eigenvalue weighted by atomic mass is 16.3. The molecule has 1 atom stereocenters. The summed E-state index contributed by atoms with van der Waals surface area (Å²) in [6, 6.07) is 5.83. The zero-order chi connectivity index (χ0) is 16.1. The van der Waals surface area contributed by atoms with Gasteiger partial charge in [-0.2, -0.15) is 0 Å². The number of nitrogens with zero attached hydrogens (tertiary/aromatic N) is 1. The number of aryl methyl sites for hydroxylation is 2. The van der Waals surface area contributed by atoms with Gasteiger partial charge in [0, 0.05) is 37.2 Å². The molecule has 0 aromatic carbocycles. The summed E-state index contributed by atoms with van der Waals surface area (Å²) in [4.78, 5) is 19.6. The number of H-pyrrole nitrogens is 1. The average Bonchev–Trinajstić information content (AvgIpc) is 3.03. The van der Waals surface area contributed by atoms with Crippen LogP contribution in [0.25, 0.3) is 0 Å². The summed E-state index contributed by atoms with van der Waals surface area (Å²) in [5.74, 6) is -0.100. The maximum absolute atomic E-state index is 12.3. The van der Waals surface area contributed by atoms with Gasteiger partial charge in [-0.25, -0.2) is 0 Å². The van der Waals surface area contributed by atoms with Crippen molar-refractivity contribution in [3.8, 4) is 0 Å². The molecule has 2 heterocycles. The first-order chi connectivity index (χ1) is 11.3. The van der Waals surface area contributed by atoms with E-state index in [4.69, 9.17) is 0 Å². The van der Waals surface area contributed by atoms with Gasteiger partial charge in [0.05, 0.1) is 0 Å². The van der Waals surface area contributed by atoms with Crippen LogP contribution >= 0.6 is 0 Å². The van der Waals surface area contributed by atoms with E-state index in [1.807, 2.05) is 18.2 Å². The first kappa shape index (κ1) is 15.7. The Kier molecular flexibility index (Phi) is 5.08. The van der Waals surface area contributed by atoms with Gasteiger partial charge in [-0.3, -0.25) is 9.78 Å². The monoisotopic (exact) mass is 313 g/mol. The molecule has 122 valence electrons. The second kappa shape index (κ2) is 7.42. The largest absolute Gasteiger partial charge is 0.396 e. The zero-order valence-electron chi connectivity index (χ0n) is 13.2. The molecule has 5 nitrogen and oxygen atoms in total. The maximum Gasteiger partial charge on any atom is 0.267 e. The lowest BCUT2D eigenvalue weighted by molar-refractivity contribution is 0.0935. The van der Waals surface area contributed by atoms with E-state index >= 15 is 0 Å². The molecule has 23 heavy (non-hydrogen) atoms. The Hall–Kier alpha value is -2.14. The summed E-state index contributed by atoms with van der Waals surface area (Å²) < 4.78 is 0. The molecule has 0 radical (unpaired) electrons. The Morgan fingerprint density at radius 3 is 3.00 bits per heavy atom. The molecule has 2 aromatic heterocycles. The lowest BCUT2D eigenvalue weighted by Crippen LogP contribution is -2.32. The van der Waals surface area contributed by atoms with Crippen LogP contribution in [-0.2, 0) is 19.3 Å². The van der Waals surface area contributed by atoms with Crippen LogP contribution in [0.5, 0.6) is 0 Å². The third-order valence-electron chi connectivity index (χ3n) is 4.42. The molecule has 3 rings (SSSR count). The van der Waals surface area contributed by atoms with Crippen molar-refractivity contribution in [3.63, 3.8) is 0 Å². The first-order valence-electron chi connectivity index (χ1n) is 8.25. The predicted molar refractivity (Wildman–Crippen MR) is 88.3 cm³/mol. The fourth-order valence-electron chi connectivity index (χ4n) is 3.11. The van der Waals surface area contributed by atoms with Crippen LogP contribution < -0.4 is 5.32 Å². The number of carbonyl (C=O) groups excluding carboxylic acids is 1. The van der Waals surface area contributed by atoms with Crippen molar-refractivity contribution >= 4 is 5.91 Å². The van der Waals surface area contributed by atoms with Crippen molar-refractivity contribution < 1.29 is 9.90 Å². The van der Waals surface area contributed by atoms with E-state index in [1.54, 1.807) is 12.4 Å². The highest BCUT2D eigenvalue weighted by Gasteiger charge is 2.17. The van der Waals surface area contributed by atoms with E-state index in [-0.39, 0.29) is 18.4 Å². The van der Waals surface area contributed by atoms with Crippen LogP contribution in [0.3, 0.4) is 0 Å². The lowest BCUT2D eigenvalue weighted by atomic mass is 9.98. The Bertz CT molecular complexity index is 628. The number of aromatic amines is 1. The third kappa shape index (κ3) is 3.99. The van der Waals surface area contributed by atoms with Gasteiger partial charge in [0.15, 0.2) is 0 Å². The molecule has 5 heteroatoms. The van der Waals surface area contributed by atoms with Crippen LogP contribution in [0.15, 0.2) is 30.6 Å². The average molecular weight is 313 g/mol. The molecule has 1 unspecified atom stereocenters. The SMILES string of the molecule is O=C(NCC(CO)Cc1cccnc1)c1cc2c([nH]1)CCCC2. The molecule has 3 N–H and O–H groups in total. The number of pyridine rings is 1. The van der Waals surface area contributed by atoms with Crippen LogP contribution in [0, 0.1) is 5.92 Å². The van der Waals surface area contributed by atoms with E-state index in [1.165, 1.54) is 24.1 Å². The second-order valence-corrected chi connectivity index (χ2v) is 6.22. The molecule has 0 aliphatic heterocycles. The maximum atomic E-state index is 12.3. The summed E-state index contributed by atoms with van der Waals surface area (Å²) in [6.07, 6.45) is 8.69. The van der Waals surface area contributed by atoms with Crippen molar-refractivity contribution in [1.29, 1.82) is 0 Å². The van der Waals surface area contributed by atoms with Crippen molar-refractivity contribution in [2.75, 3.05) is 13.2 Å². The minimum Gasteiger partial charge on any atom is -0.396 e. The predicted octanol–water partition coefficient (Wildman–Crippen LogP) is 1.87. The van der Waals surface area contributed by atoms with Gasteiger partial charge in [0.1, 0.15) is 5.69 Å². The Morgan fingerprint density at radius 1 is 1.39 bits per heavy atom. The topological polar surface area (TPSA) is 78.0 Å². The summed E-state index contributed by atoms with van der Waals surface area (Å²) in [5, 5.41) is 12.5. The summed E-state index contributed by atoms with van der Waals surface area (Å²) in [5.41, 5.74) is 4.18. The van der Waals surface area contributed by atoms with Crippen molar-refractivity contribution in [2.24, 2.45) is 5.92 Å². The molecular weight excluding hydrogens is 290 g/mol. The van der Waals surface area contributed by atoms with Gasteiger partial charge in [-0.15, -0.1) is 0 Å². The molecule has 1 amide bonds. The highest BCUT2D eigenvalue weighted by molar-refractivity contribution is 5.92. The van der Waals surface area contributed by atoms with E-state index in [2.05, 4.69) is 15.3 Å². The number of rotatable bonds is 6. The quantitative estimate of drug-likeness (QED) is 0.762. The Balaban J connectivity index is 1.56. The number of aromatic nitrogens is 2. The van der Waals surface area contributed by atoms with Crippen LogP contribution in [0.2, 0.25) is 0 Å². The standard InChI is InChI=1S/C18H23N3O2/c22-12-14(8-13-4-3-7-19-10-13)11-20-18(23)17-9-15-5-1-2-6-16(15)21-17/h3-4,7,9-10,14,21-22H,1-2,5-6,8,11-12H2,(H,20,23). The number of amides is 1. The van der Waals surface area contributed by atoms with Gasteiger partial charge in [0.25, 0.3) is 5.91 Å². The second-order valence-electron chi connectivity index (χ2n) is 6.22. The highest BCUT2D eigenvalue weighted by Crippen LogP contribution is 2.21. The number of carbonyl (C=O) groups is 1. The molecule has 2 aromatic rings. The van der Waals surface area contributed by atoms with E-state index in [0.717, 1.165) is 18.4 Å². The Morgan fingerprint density at radius 2 is 2.26 bits per heavy atom. The summed E-state index contributed by atoms with van der Waals surface area (Å²) in [6.45, 7) is 0.490. The minimum atomic E-state index is -0.0935. The number of hydrogen-bond donors (Lipinski definition) is 3. The fraction of sp³-hybridized carbons (Fsp3) is 0.444. The Labute approximate surface area is 136 Å². The zero-order valence-corrected chi connectivity index (χ0v) is 13.2. The van der Waals surface area contributed by atoms with Crippen molar-refractivity contribution in [2.45, 2.75) is 32.1 Å². The molecule has 0 fully saturated rings. The molecule has 0 saturated heterocycles. The summed E-state index contributed by atoms with van der Waals surface area (Å²) in [7, 11) is 0. The van der Waals surface area contributed by atoms with Gasteiger partial charge < -0.3 is 15.4 Å². The first-order valence-corrected chi connectivity index (χ1v) is 8.25. The van der Waals surface area contributed by atoms with Crippen LogP contribution in [0.4, 0.5) is 0 Å². The lowest BCUT2D eigenvalue weighted by Gasteiger charge is -2.14. The van der Waals surface area contributed by atoms with Gasteiger partial charge in [0.2, 0.25) is 0 Å². The molecule has 1 aliphatic rings. The van der Waals surface area contributed by atoms with Gasteiger partial charge in [-0.1, -0.05) is 6.07 Å². The van der Waals surface area contributed by atoms with Gasteiger partial charge in [-0.05, 0) is 55.4 Å². The van der Waals surface area contributed by atoms with Crippen molar-refractivity contribution in [1.82, 2.24) is 15.3 Å². The van der Waals surface area contributed by atoms with Crippen LogP contribution in [0.1, 0.15) is 40.2 Å². The smallest absolute Gasteiger partial charge is 0.267 e. The number of aliphatic hydroxyl groups is 1. The normalized spacial score (nSPS) is 15.0. The molecule has 1 aliphatic carbocycles. The van der Waals surface area contributed by atoms with Crippen molar-refractivity contribution in [3.05, 3.63) is 53.1 Å². The molecule has 0 spiro atoms.